The first-order valence-corrected chi connectivity index (χ1v) is 8.69. The van der Waals surface area contributed by atoms with Gasteiger partial charge in [0, 0.05) is 39.3 Å². The third kappa shape index (κ3) is 3.14. The smallest absolute Gasteiger partial charge is 0.282 e. The van der Waals surface area contributed by atoms with E-state index in [1.807, 2.05) is 13.8 Å². The van der Waals surface area contributed by atoms with Crippen molar-refractivity contribution in [2.45, 2.75) is 38.6 Å². The molecule has 0 spiro atoms. The van der Waals surface area contributed by atoms with Crippen molar-refractivity contribution in [1.82, 2.24) is 13.5 Å². The van der Waals surface area contributed by atoms with E-state index in [1.54, 1.807) is 8.61 Å². The fourth-order valence-electron chi connectivity index (χ4n) is 2.81. The number of nitriles is 1. The van der Waals surface area contributed by atoms with E-state index in [-0.39, 0.29) is 0 Å². The van der Waals surface area contributed by atoms with Crippen LogP contribution < -0.4 is 0 Å². The molecule has 0 unspecified atom stereocenters. The van der Waals surface area contributed by atoms with Gasteiger partial charge >= 0.3 is 0 Å². The van der Waals surface area contributed by atoms with Crippen LogP contribution in [0.1, 0.15) is 33.1 Å². The van der Waals surface area contributed by atoms with Crippen LogP contribution in [0.5, 0.6) is 0 Å². The summed E-state index contributed by atoms with van der Waals surface area (Å²) < 4.78 is 28.3. The Morgan fingerprint density at radius 3 is 1.90 bits per heavy atom. The lowest BCUT2D eigenvalue weighted by atomic mass is 10.0. The standard InChI is InChI=1S/C13H24N4O2S/c1-13(2,12-14)15-8-10-17(11-9-15)20(18,19)16-6-4-3-5-7-16/h3-11H2,1-2H3. The minimum Gasteiger partial charge on any atom is -0.283 e. The number of nitrogens with zero attached hydrogens (tertiary/aromatic N) is 4. The van der Waals surface area contributed by atoms with Gasteiger partial charge in [0.1, 0.15) is 5.54 Å². The highest BCUT2D eigenvalue weighted by atomic mass is 32.2. The van der Waals surface area contributed by atoms with Crippen molar-refractivity contribution in [3.8, 4) is 6.07 Å². The van der Waals surface area contributed by atoms with Crippen LogP contribution in [0.25, 0.3) is 0 Å². The molecule has 2 saturated heterocycles. The van der Waals surface area contributed by atoms with E-state index in [0.29, 0.717) is 39.3 Å². The normalized spacial score (nSPS) is 24.4. The minimum atomic E-state index is -3.30. The van der Waals surface area contributed by atoms with Gasteiger partial charge in [-0.25, -0.2) is 0 Å². The van der Waals surface area contributed by atoms with Gasteiger partial charge in [-0.15, -0.1) is 0 Å². The molecule has 0 aromatic heterocycles. The molecule has 0 bridgehead atoms. The van der Waals surface area contributed by atoms with Gasteiger partial charge in [-0.3, -0.25) is 4.90 Å². The molecular formula is C13H24N4O2S. The maximum Gasteiger partial charge on any atom is 0.282 e. The van der Waals surface area contributed by atoms with Gasteiger partial charge in [0.15, 0.2) is 0 Å². The highest BCUT2D eigenvalue weighted by Crippen LogP contribution is 2.21. The summed E-state index contributed by atoms with van der Waals surface area (Å²) in [6.45, 7) is 7.23. The summed E-state index contributed by atoms with van der Waals surface area (Å²) in [5.74, 6) is 0. The highest BCUT2D eigenvalue weighted by Gasteiger charge is 2.36. The van der Waals surface area contributed by atoms with Gasteiger partial charge in [-0.2, -0.15) is 22.3 Å². The Morgan fingerprint density at radius 2 is 1.40 bits per heavy atom. The molecule has 0 atom stereocenters. The Labute approximate surface area is 122 Å². The fourth-order valence-corrected chi connectivity index (χ4v) is 4.48. The molecular weight excluding hydrogens is 276 g/mol. The number of rotatable bonds is 3. The summed E-state index contributed by atoms with van der Waals surface area (Å²) in [7, 11) is -3.30. The second-order valence-electron chi connectivity index (χ2n) is 6.02. The summed E-state index contributed by atoms with van der Waals surface area (Å²) in [5, 5.41) is 9.14. The van der Waals surface area contributed by atoms with Crippen LogP contribution in [-0.4, -0.2) is 66.7 Å². The monoisotopic (exact) mass is 300 g/mol. The van der Waals surface area contributed by atoms with Crippen LogP contribution in [0.2, 0.25) is 0 Å². The molecule has 2 aliphatic heterocycles. The molecule has 2 fully saturated rings. The predicted octanol–water partition coefficient (Wildman–Crippen LogP) is 0.637. The van der Waals surface area contributed by atoms with E-state index in [9.17, 15) is 8.42 Å². The summed E-state index contributed by atoms with van der Waals surface area (Å²) in [6, 6.07) is 2.28. The molecule has 114 valence electrons. The quantitative estimate of drug-likeness (QED) is 0.767. The van der Waals surface area contributed by atoms with Crippen molar-refractivity contribution in [1.29, 1.82) is 5.26 Å². The topological polar surface area (TPSA) is 67.6 Å². The molecule has 7 heteroatoms. The van der Waals surface area contributed by atoms with Gasteiger partial charge in [0.25, 0.3) is 10.2 Å². The van der Waals surface area contributed by atoms with Gasteiger partial charge in [-0.1, -0.05) is 6.42 Å². The zero-order valence-electron chi connectivity index (χ0n) is 12.4. The first-order chi connectivity index (χ1) is 9.38. The van der Waals surface area contributed by atoms with Crippen LogP contribution in [0, 0.1) is 11.3 Å². The number of hydrogen-bond donors (Lipinski definition) is 0. The number of piperidine rings is 1. The molecule has 20 heavy (non-hydrogen) atoms. The van der Waals surface area contributed by atoms with E-state index < -0.39 is 15.7 Å². The molecule has 0 saturated carbocycles. The van der Waals surface area contributed by atoms with Crippen molar-refractivity contribution in [3.05, 3.63) is 0 Å². The summed E-state index contributed by atoms with van der Waals surface area (Å²) in [4.78, 5) is 2.05. The number of piperazine rings is 1. The second kappa shape index (κ2) is 5.98. The first kappa shape index (κ1) is 15.7. The molecule has 2 heterocycles. The SMILES string of the molecule is CC(C)(C#N)N1CCN(S(=O)(=O)N2CCCCC2)CC1. The lowest BCUT2D eigenvalue weighted by Gasteiger charge is -2.41. The molecule has 0 radical (unpaired) electrons. The van der Waals surface area contributed by atoms with Gasteiger partial charge in [-0.05, 0) is 26.7 Å². The lowest BCUT2D eigenvalue weighted by molar-refractivity contribution is 0.112. The average molecular weight is 300 g/mol. The van der Waals surface area contributed by atoms with E-state index in [4.69, 9.17) is 5.26 Å². The largest absolute Gasteiger partial charge is 0.283 e. The molecule has 0 aromatic carbocycles. The minimum absolute atomic E-state index is 0.476. The van der Waals surface area contributed by atoms with E-state index in [0.717, 1.165) is 19.3 Å². The van der Waals surface area contributed by atoms with Crippen LogP contribution in [0.15, 0.2) is 0 Å². The average Bonchev–Trinajstić information content (AvgIpc) is 2.48. The summed E-state index contributed by atoms with van der Waals surface area (Å²) >= 11 is 0. The summed E-state index contributed by atoms with van der Waals surface area (Å²) in [5.41, 5.74) is -0.527. The molecule has 0 aliphatic carbocycles. The second-order valence-corrected chi connectivity index (χ2v) is 7.95. The van der Waals surface area contributed by atoms with Crippen LogP contribution >= 0.6 is 0 Å². The van der Waals surface area contributed by atoms with Crippen molar-refractivity contribution >= 4 is 10.2 Å². The summed E-state index contributed by atoms with van der Waals surface area (Å²) in [6.07, 6.45) is 3.04. The van der Waals surface area contributed by atoms with E-state index in [2.05, 4.69) is 11.0 Å². The molecule has 0 amide bonds. The van der Waals surface area contributed by atoms with Gasteiger partial charge in [0.05, 0.1) is 6.07 Å². The van der Waals surface area contributed by atoms with E-state index >= 15 is 0 Å². The van der Waals surface area contributed by atoms with E-state index in [1.165, 1.54) is 0 Å². The van der Waals surface area contributed by atoms with Crippen molar-refractivity contribution in [3.63, 3.8) is 0 Å². The third-order valence-corrected chi connectivity index (χ3v) is 6.31. The van der Waals surface area contributed by atoms with Crippen LogP contribution in [0.4, 0.5) is 0 Å². The maximum absolute atomic E-state index is 12.5. The Balaban J connectivity index is 1.98. The maximum atomic E-state index is 12.5. The van der Waals surface area contributed by atoms with Crippen molar-refractivity contribution in [2.75, 3.05) is 39.3 Å². The van der Waals surface area contributed by atoms with Crippen molar-refractivity contribution < 1.29 is 8.42 Å². The Bertz CT molecular complexity index is 469. The molecule has 0 N–H and O–H groups in total. The third-order valence-electron chi connectivity index (χ3n) is 4.27. The van der Waals surface area contributed by atoms with Crippen molar-refractivity contribution in [2.24, 2.45) is 0 Å². The molecule has 2 rings (SSSR count). The molecule has 6 nitrogen and oxygen atoms in total. The molecule has 0 aromatic rings. The highest BCUT2D eigenvalue weighted by molar-refractivity contribution is 7.86. The fraction of sp³-hybridized carbons (Fsp3) is 0.923. The number of hydrogen-bond acceptors (Lipinski definition) is 4. The Morgan fingerprint density at radius 1 is 0.900 bits per heavy atom. The predicted molar refractivity (Wildman–Crippen MR) is 77.2 cm³/mol. The zero-order chi connectivity index (χ0) is 14.8. The van der Waals surface area contributed by atoms with Gasteiger partial charge in [0.2, 0.25) is 0 Å². The van der Waals surface area contributed by atoms with Crippen LogP contribution in [-0.2, 0) is 10.2 Å². The van der Waals surface area contributed by atoms with Gasteiger partial charge < -0.3 is 0 Å². The molecule has 2 aliphatic rings. The first-order valence-electron chi connectivity index (χ1n) is 7.29. The zero-order valence-corrected chi connectivity index (χ0v) is 13.2. The Hall–Kier alpha value is -0.680. The van der Waals surface area contributed by atoms with Crippen LogP contribution in [0.3, 0.4) is 0 Å². The Kier molecular flexibility index (Phi) is 4.69. The lowest BCUT2D eigenvalue weighted by Crippen LogP contribution is -2.57.